The normalized spacial score (nSPS) is 25.9. The van der Waals surface area contributed by atoms with Crippen LogP contribution < -0.4 is 5.32 Å². The minimum Gasteiger partial charge on any atom is -0.378 e. The van der Waals surface area contributed by atoms with Crippen molar-refractivity contribution in [2.24, 2.45) is 5.92 Å². The van der Waals surface area contributed by atoms with Crippen LogP contribution >= 0.6 is 15.9 Å². The van der Waals surface area contributed by atoms with Gasteiger partial charge in [-0.25, -0.2) is 0 Å². The van der Waals surface area contributed by atoms with E-state index in [1.165, 1.54) is 12.8 Å². The Labute approximate surface area is 128 Å². The maximum atomic E-state index is 12.4. The largest absolute Gasteiger partial charge is 0.378 e. The number of nitrogens with zero attached hydrogens (tertiary/aromatic N) is 1. The van der Waals surface area contributed by atoms with Crippen LogP contribution in [-0.2, 0) is 4.74 Å². The number of carbonyl (C=O) groups is 1. The van der Waals surface area contributed by atoms with Gasteiger partial charge in [-0.1, -0.05) is 6.92 Å². The highest BCUT2D eigenvalue weighted by molar-refractivity contribution is 9.10. The summed E-state index contributed by atoms with van der Waals surface area (Å²) in [5.74, 6) is 0.487. The molecule has 0 aromatic carbocycles. The number of ether oxygens (including phenoxy) is 1. The van der Waals surface area contributed by atoms with Crippen molar-refractivity contribution in [1.29, 1.82) is 0 Å². The van der Waals surface area contributed by atoms with Gasteiger partial charge in [-0.3, -0.25) is 4.79 Å². The molecule has 1 N–H and O–H groups in total. The van der Waals surface area contributed by atoms with Crippen LogP contribution in [0.3, 0.4) is 0 Å². The quantitative estimate of drug-likeness (QED) is 0.894. The summed E-state index contributed by atoms with van der Waals surface area (Å²) in [4.78, 5) is 12.4. The molecule has 0 radical (unpaired) electrons. The molecule has 2 aliphatic rings. The van der Waals surface area contributed by atoms with Crippen molar-refractivity contribution in [1.82, 2.24) is 9.88 Å². The highest BCUT2D eigenvalue weighted by Gasteiger charge is 2.29. The molecule has 3 rings (SSSR count). The minimum absolute atomic E-state index is 0.0318. The van der Waals surface area contributed by atoms with Crippen LogP contribution in [-0.4, -0.2) is 29.7 Å². The van der Waals surface area contributed by atoms with E-state index in [9.17, 15) is 4.79 Å². The highest BCUT2D eigenvalue weighted by atomic mass is 79.9. The number of carbonyl (C=O) groups excluding carboxylic acids is 1. The molecular formula is C15H21BrN2O2. The van der Waals surface area contributed by atoms with Crippen LogP contribution in [0, 0.1) is 5.92 Å². The first kappa shape index (κ1) is 14.1. The maximum Gasteiger partial charge on any atom is 0.267 e. The second-order valence-corrected chi connectivity index (χ2v) is 6.67. The number of nitrogens with one attached hydrogen (secondary N) is 1. The molecule has 1 aromatic heterocycles. The summed E-state index contributed by atoms with van der Waals surface area (Å²) in [5, 5.41) is 3.08. The molecule has 2 heterocycles. The van der Waals surface area contributed by atoms with Gasteiger partial charge in [0.15, 0.2) is 0 Å². The molecule has 1 aliphatic carbocycles. The lowest BCUT2D eigenvalue weighted by molar-refractivity contribution is 0.0823. The van der Waals surface area contributed by atoms with Crippen molar-refractivity contribution in [3.8, 4) is 0 Å². The highest BCUT2D eigenvalue weighted by Crippen LogP contribution is 2.37. The van der Waals surface area contributed by atoms with Gasteiger partial charge in [0.2, 0.25) is 0 Å². The SMILES string of the molecule is CCC1OCCC1CNC(=O)c1cc(Br)cn1C1CC1. The zero-order valence-electron chi connectivity index (χ0n) is 11.8. The first-order valence-corrected chi connectivity index (χ1v) is 8.25. The van der Waals surface area contributed by atoms with E-state index in [0.29, 0.717) is 24.6 Å². The summed E-state index contributed by atoms with van der Waals surface area (Å²) in [5.41, 5.74) is 0.770. The van der Waals surface area contributed by atoms with Crippen LogP contribution in [0.25, 0.3) is 0 Å². The Morgan fingerprint density at radius 1 is 1.50 bits per heavy atom. The Balaban J connectivity index is 1.61. The van der Waals surface area contributed by atoms with Crippen molar-refractivity contribution >= 4 is 21.8 Å². The third kappa shape index (κ3) is 2.93. The van der Waals surface area contributed by atoms with Gasteiger partial charge in [-0.05, 0) is 47.7 Å². The predicted molar refractivity (Wildman–Crippen MR) is 80.9 cm³/mol. The molecule has 110 valence electrons. The van der Waals surface area contributed by atoms with E-state index in [0.717, 1.165) is 29.6 Å². The van der Waals surface area contributed by atoms with Crippen molar-refractivity contribution in [3.63, 3.8) is 0 Å². The van der Waals surface area contributed by atoms with Crippen molar-refractivity contribution in [3.05, 3.63) is 22.4 Å². The van der Waals surface area contributed by atoms with Gasteiger partial charge in [-0.2, -0.15) is 0 Å². The topological polar surface area (TPSA) is 43.3 Å². The van der Waals surface area contributed by atoms with Crippen LogP contribution in [0.15, 0.2) is 16.7 Å². The van der Waals surface area contributed by atoms with E-state index >= 15 is 0 Å². The predicted octanol–water partition coefficient (Wildman–Crippen LogP) is 3.13. The van der Waals surface area contributed by atoms with Gasteiger partial charge in [0.25, 0.3) is 5.91 Å². The van der Waals surface area contributed by atoms with Crippen LogP contribution in [0.5, 0.6) is 0 Å². The van der Waals surface area contributed by atoms with Crippen molar-refractivity contribution in [2.45, 2.75) is 44.8 Å². The molecule has 0 bridgehead atoms. The summed E-state index contributed by atoms with van der Waals surface area (Å²) < 4.78 is 8.74. The number of hydrogen-bond acceptors (Lipinski definition) is 2. The minimum atomic E-state index is 0.0318. The third-order valence-electron chi connectivity index (χ3n) is 4.26. The molecule has 0 spiro atoms. The Morgan fingerprint density at radius 2 is 2.30 bits per heavy atom. The van der Waals surface area contributed by atoms with Gasteiger partial charge in [0.05, 0.1) is 6.10 Å². The van der Waals surface area contributed by atoms with Gasteiger partial charge in [0.1, 0.15) is 5.69 Å². The summed E-state index contributed by atoms with van der Waals surface area (Å²) in [6.07, 6.45) is 6.74. The lowest BCUT2D eigenvalue weighted by Gasteiger charge is -2.17. The van der Waals surface area contributed by atoms with Gasteiger partial charge in [-0.15, -0.1) is 0 Å². The Hall–Kier alpha value is -0.810. The molecule has 1 amide bonds. The van der Waals surface area contributed by atoms with Gasteiger partial charge >= 0.3 is 0 Å². The fraction of sp³-hybridized carbons (Fsp3) is 0.667. The molecule has 1 aliphatic heterocycles. The lowest BCUT2D eigenvalue weighted by atomic mass is 10.00. The second-order valence-electron chi connectivity index (χ2n) is 5.76. The van der Waals surface area contributed by atoms with E-state index in [1.807, 2.05) is 12.3 Å². The smallest absolute Gasteiger partial charge is 0.267 e. The fourth-order valence-electron chi connectivity index (χ4n) is 2.97. The number of rotatable bonds is 5. The summed E-state index contributed by atoms with van der Waals surface area (Å²) in [6.45, 7) is 3.67. The first-order chi connectivity index (χ1) is 9.69. The number of amides is 1. The monoisotopic (exact) mass is 340 g/mol. The number of halogens is 1. The van der Waals surface area contributed by atoms with E-state index in [4.69, 9.17) is 4.74 Å². The zero-order valence-corrected chi connectivity index (χ0v) is 13.4. The summed E-state index contributed by atoms with van der Waals surface area (Å²) in [6, 6.07) is 2.43. The molecule has 2 atom stereocenters. The number of aromatic nitrogens is 1. The molecule has 20 heavy (non-hydrogen) atoms. The Bertz CT molecular complexity index is 496. The average molecular weight is 341 g/mol. The van der Waals surface area contributed by atoms with Gasteiger partial charge < -0.3 is 14.6 Å². The molecule has 4 nitrogen and oxygen atoms in total. The van der Waals surface area contributed by atoms with E-state index < -0.39 is 0 Å². The first-order valence-electron chi connectivity index (χ1n) is 7.46. The number of hydrogen-bond donors (Lipinski definition) is 1. The van der Waals surface area contributed by atoms with Crippen LogP contribution in [0.1, 0.15) is 49.1 Å². The molecular weight excluding hydrogens is 320 g/mol. The molecule has 5 heteroatoms. The standard InChI is InChI=1S/C15H21BrN2O2/c1-2-14-10(5-6-20-14)8-17-15(19)13-7-11(16)9-18(13)12-3-4-12/h7,9-10,12,14H,2-6,8H2,1H3,(H,17,19). The van der Waals surface area contributed by atoms with E-state index in [-0.39, 0.29) is 5.91 Å². The lowest BCUT2D eigenvalue weighted by Crippen LogP contribution is -2.33. The molecule has 2 fully saturated rings. The molecule has 2 unspecified atom stereocenters. The maximum absolute atomic E-state index is 12.4. The van der Waals surface area contributed by atoms with Crippen LogP contribution in [0.4, 0.5) is 0 Å². The average Bonchev–Trinajstić information content (AvgIpc) is 3.06. The molecule has 1 saturated heterocycles. The van der Waals surface area contributed by atoms with Gasteiger partial charge in [0, 0.05) is 35.8 Å². The summed E-state index contributed by atoms with van der Waals surface area (Å²) in [7, 11) is 0. The molecule has 1 aromatic rings. The second kappa shape index (κ2) is 5.90. The zero-order chi connectivity index (χ0) is 14.1. The third-order valence-corrected chi connectivity index (χ3v) is 4.70. The summed E-state index contributed by atoms with van der Waals surface area (Å²) >= 11 is 3.46. The fourth-order valence-corrected chi connectivity index (χ4v) is 3.41. The van der Waals surface area contributed by atoms with Crippen molar-refractivity contribution < 1.29 is 9.53 Å². The Kier molecular flexibility index (Phi) is 4.17. The van der Waals surface area contributed by atoms with E-state index in [2.05, 4.69) is 32.7 Å². The Morgan fingerprint density at radius 3 is 3.00 bits per heavy atom. The molecule has 1 saturated carbocycles. The van der Waals surface area contributed by atoms with Crippen molar-refractivity contribution in [2.75, 3.05) is 13.2 Å². The van der Waals surface area contributed by atoms with Crippen LogP contribution in [0.2, 0.25) is 0 Å². The van der Waals surface area contributed by atoms with E-state index in [1.54, 1.807) is 0 Å².